The van der Waals surface area contributed by atoms with E-state index in [-0.39, 0.29) is 30.1 Å². The van der Waals surface area contributed by atoms with Crippen molar-refractivity contribution in [3.63, 3.8) is 0 Å². The van der Waals surface area contributed by atoms with E-state index < -0.39 is 0 Å². The molecule has 1 atom stereocenters. The highest BCUT2D eigenvalue weighted by molar-refractivity contribution is 5.97. The van der Waals surface area contributed by atoms with Gasteiger partial charge in [0, 0.05) is 18.5 Å². The third-order valence-electron chi connectivity index (χ3n) is 6.07. The van der Waals surface area contributed by atoms with E-state index in [4.69, 9.17) is 4.74 Å². The Balaban J connectivity index is 1.41. The number of ether oxygens (including phenoxy) is 1. The van der Waals surface area contributed by atoms with Crippen LogP contribution < -0.4 is 5.56 Å². The lowest BCUT2D eigenvalue weighted by Gasteiger charge is -2.26. The number of benzene rings is 3. The lowest BCUT2D eigenvalue weighted by Crippen LogP contribution is -2.32. The fourth-order valence-electron chi connectivity index (χ4n) is 4.28. The van der Waals surface area contributed by atoms with Crippen LogP contribution in [0.3, 0.4) is 0 Å². The van der Waals surface area contributed by atoms with Gasteiger partial charge in [0.15, 0.2) is 0 Å². The van der Waals surface area contributed by atoms with Crippen LogP contribution in [-0.2, 0) is 17.7 Å². The quantitative estimate of drug-likeness (QED) is 0.461. The minimum Gasteiger partial charge on any atom is -0.454 e. The second kappa shape index (κ2) is 8.94. The highest BCUT2D eigenvalue weighted by Gasteiger charge is 2.28. The summed E-state index contributed by atoms with van der Waals surface area (Å²) in [7, 11) is 0. The molecule has 0 radical (unpaired) electrons. The molecule has 7 heteroatoms. The van der Waals surface area contributed by atoms with Crippen molar-refractivity contribution in [2.75, 3.05) is 6.54 Å². The number of amides is 1. The number of aromatic nitrogens is 2. The van der Waals surface area contributed by atoms with Crippen LogP contribution in [0.5, 0.6) is 0 Å². The standard InChI is InChI=1S/C27H23N3O4/c1-2-30(16-24-28-22-11-7-6-10-21(22)25(31)29-24)26(32)18-12-13-20-19(14-18)15-23(34-27(20)33)17-8-4-3-5-9-17/h3-14,23H,2,15-16H2,1H3,(H,28,29,31)/t23-/m0/s1. The highest BCUT2D eigenvalue weighted by Crippen LogP contribution is 2.31. The molecule has 0 saturated heterocycles. The van der Waals surface area contributed by atoms with Crippen LogP contribution in [-0.4, -0.2) is 33.3 Å². The molecule has 4 aromatic rings. The predicted molar refractivity (Wildman–Crippen MR) is 128 cm³/mol. The molecule has 1 aromatic heterocycles. The Morgan fingerprint density at radius 1 is 1.06 bits per heavy atom. The second-order valence-electron chi connectivity index (χ2n) is 8.23. The molecule has 5 rings (SSSR count). The van der Waals surface area contributed by atoms with Crippen molar-refractivity contribution in [2.45, 2.75) is 26.0 Å². The molecule has 0 spiro atoms. The number of H-pyrrole nitrogens is 1. The Kier molecular flexibility index (Phi) is 5.67. The average Bonchev–Trinajstić information content (AvgIpc) is 2.87. The van der Waals surface area contributed by atoms with Crippen LogP contribution in [0.15, 0.2) is 77.6 Å². The van der Waals surface area contributed by atoms with Crippen LogP contribution in [0, 0.1) is 0 Å². The predicted octanol–water partition coefficient (Wildman–Crippen LogP) is 4.04. The zero-order valence-electron chi connectivity index (χ0n) is 18.7. The summed E-state index contributed by atoms with van der Waals surface area (Å²) in [6, 6.07) is 21.7. The van der Waals surface area contributed by atoms with Crippen LogP contribution in [0.1, 0.15) is 50.7 Å². The van der Waals surface area contributed by atoms with Gasteiger partial charge < -0.3 is 14.6 Å². The minimum atomic E-state index is -0.389. The molecular formula is C27H23N3O4. The molecule has 7 nitrogen and oxygen atoms in total. The lowest BCUT2D eigenvalue weighted by atomic mass is 9.93. The second-order valence-corrected chi connectivity index (χ2v) is 8.23. The molecule has 0 fully saturated rings. The van der Waals surface area contributed by atoms with Crippen molar-refractivity contribution < 1.29 is 14.3 Å². The number of para-hydroxylation sites is 1. The number of carbonyl (C=O) groups is 2. The summed E-state index contributed by atoms with van der Waals surface area (Å²) in [6.07, 6.45) is 0.110. The summed E-state index contributed by atoms with van der Waals surface area (Å²) >= 11 is 0. The average molecular weight is 453 g/mol. The van der Waals surface area contributed by atoms with Gasteiger partial charge in [-0.15, -0.1) is 0 Å². The van der Waals surface area contributed by atoms with Crippen LogP contribution in [0.25, 0.3) is 10.9 Å². The Morgan fingerprint density at radius 2 is 1.82 bits per heavy atom. The maximum absolute atomic E-state index is 13.3. The Hall–Kier alpha value is -4.26. The number of hydrogen-bond acceptors (Lipinski definition) is 5. The molecule has 1 aliphatic rings. The Labute approximate surface area is 196 Å². The number of aromatic amines is 1. The van der Waals surface area contributed by atoms with Gasteiger partial charge in [0.25, 0.3) is 11.5 Å². The molecule has 0 unspecified atom stereocenters. The summed E-state index contributed by atoms with van der Waals surface area (Å²) in [6.45, 7) is 2.47. The first-order chi connectivity index (χ1) is 16.5. The van der Waals surface area contributed by atoms with Gasteiger partial charge in [0.1, 0.15) is 11.9 Å². The molecule has 2 heterocycles. The fraction of sp³-hybridized carbons (Fsp3) is 0.185. The third-order valence-corrected chi connectivity index (χ3v) is 6.07. The van der Waals surface area contributed by atoms with Gasteiger partial charge in [0.2, 0.25) is 0 Å². The van der Waals surface area contributed by atoms with E-state index in [0.717, 1.165) is 11.1 Å². The lowest BCUT2D eigenvalue weighted by molar-refractivity contribution is 0.0252. The van der Waals surface area contributed by atoms with Gasteiger partial charge in [-0.25, -0.2) is 9.78 Å². The number of nitrogens with one attached hydrogen (secondary N) is 1. The minimum absolute atomic E-state index is 0.168. The van der Waals surface area contributed by atoms with Gasteiger partial charge >= 0.3 is 5.97 Å². The van der Waals surface area contributed by atoms with Crippen molar-refractivity contribution >= 4 is 22.8 Å². The molecule has 170 valence electrons. The Morgan fingerprint density at radius 3 is 2.62 bits per heavy atom. The summed E-state index contributed by atoms with van der Waals surface area (Å²) in [5, 5.41) is 0.509. The number of rotatable bonds is 5. The third kappa shape index (κ3) is 4.08. The maximum Gasteiger partial charge on any atom is 0.339 e. The molecular weight excluding hydrogens is 430 g/mol. The summed E-state index contributed by atoms with van der Waals surface area (Å²) in [4.78, 5) is 47.2. The van der Waals surface area contributed by atoms with Gasteiger partial charge in [-0.1, -0.05) is 42.5 Å². The number of hydrogen-bond donors (Lipinski definition) is 1. The number of carbonyl (C=O) groups excluding carboxylic acids is 2. The highest BCUT2D eigenvalue weighted by atomic mass is 16.5. The van der Waals surface area contributed by atoms with Crippen LogP contribution in [0.2, 0.25) is 0 Å². The first-order valence-electron chi connectivity index (χ1n) is 11.2. The molecule has 1 N–H and O–H groups in total. The zero-order chi connectivity index (χ0) is 23.7. The van der Waals surface area contributed by atoms with E-state index in [1.54, 1.807) is 41.3 Å². The number of esters is 1. The number of cyclic esters (lactones) is 1. The normalized spacial score (nSPS) is 15.0. The molecule has 0 aliphatic carbocycles. The summed E-state index contributed by atoms with van der Waals surface area (Å²) in [5.41, 5.74) is 3.01. The summed E-state index contributed by atoms with van der Waals surface area (Å²) < 4.78 is 5.62. The van der Waals surface area contributed by atoms with Crippen molar-refractivity contribution in [1.29, 1.82) is 0 Å². The first kappa shape index (κ1) is 21.6. The maximum atomic E-state index is 13.3. The van der Waals surface area contributed by atoms with Gasteiger partial charge in [0.05, 0.1) is 23.0 Å². The van der Waals surface area contributed by atoms with Crippen molar-refractivity contribution in [1.82, 2.24) is 14.9 Å². The SMILES string of the molecule is CCN(Cc1nc2ccccc2c(=O)[nH]1)C(=O)c1ccc2c(c1)C[C@@H](c1ccccc1)OC2=O. The van der Waals surface area contributed by atoms with Crippen molar-refractivity contribution in [3.8, 4) is 0 Å². The van der Waals surface area contributed by atoms with E-state index in [1.807, 2.05) is 43.3 Å². The summed E-state index contributed by atoms with van der Waals surface area (Å²) in [5.74, 6) is -0.166. The topological polar surface area (TPSA) is 92.4 Å². The molecule has 0 bridgehead atoms. The van der Waals surface area contributed by atoms with Crippen molar-refractivity contribution in [2.24, 2.45) is 0 Å². The number of fused-ring (bicyclic) bond motifs is 2. The van der Waals surface area contributed by atoms with Crippen LogP contribution in [0.4, 0.5) is 0 Å². The van der Waals surface area contributed by atoms with Gasteiger partial charge in [-0.3, -0.25) is 9.59 Å². The van der Waals surface area contributed by atoms with Gasteiger partial charge in [-0.05, 0) is 48.4 Å². The Bertz CT molecular complexity index is 1450. The smallest absolute Gasteiger partial charge is 0.339 e. The first-order valence-corrected chi connectivity index (χ1v) is 11.2. The monoisotopic (exact) mass is 453 g/mol. The van der Waals surface area contributed by atoms with Crippen LogP contribution >= 0.6 is 0 Å². The molecule has 34 heavy (non-hydrogen) atoms. The van der Waals surface area contributed by atoms with E-state index in [0.29, 0.717) is 40.8 Å². The molecule has 3 aromatic carbocycles. The van der Waals surface area contributed by atoms with E-state index in [2.05, 4.69) is 9.97 Å². The van der Waals surface area contributed by atoms with Crippen molar-refractivity contribution in [3.05, 3.63) is 111 Å². The van der Waals surface area contributed by atoms with E-state index in [1.165, 1.54) is 0 Å². The molecule has 1 aliphatic heterocycles. The largest absolute Gasteiger partial charge is 0.454 e. The van der Waals surface area contributed by atoms with E-state index >= 15 is 0 Å². The zero-order valence-corrected chi connectivity index (χ0v) is 18.7. The van der Waals surface area contributed by atoms with Gasteiger partial charge in [-0.2, -0.15) is 0 Å². The van der Waals surface area contributed by atoms with E-state index in [9.17, 15) is 14.4 Å². The number of nitrogens with zero attached hydrogens (tertiary/aromatic N) is 2. The fourth-order valence-corrected chi connectivity index (χ4v) is 4.28. The molecule has 0 saturated carbocycles. The molecule has 1 amide bonds.